The maximum absolute atomic E-state index is 12.8. The first-order valence-corrected chi connectivity index (χ1v) is 11.4. The minimum atomic E-state index is -4.40. The number of imidazole rings is 1. The Morgan fingerprint density at radius 2 is 1.83 bits per heavy atom. The Hall–Kier alpha value is -1.82. The molecule has 1 saturated heterocycles. The molecule has 12 heteroatoms. The first kappa shape index (κ1) is 24.4. The number of alkyl halides is 3. The van der Waals surface area contributed by atoms with Crippen molar-refractivity contribution >= 4 is 16.2 Å². The Balaban J connectivity index is 2.10. The van der Waals surface area contributed by atoms with Gasteiger partial charge in [-0.05, 0) is 33.6 Å². The van der Waals surface area contributed by atoms with Gasteiger partial charge in [-0.2, -0.15) is 21.6 Å². The monoisotopic (exact) mass is 455 g/mol. The van der Waals surface area contributed by atoms with Gasteiger partial charge in [0.2, 0.25) is 0 Å². The number of ether oxygens (including phenoxy) is 1. The lowest BCUT2D eigenvalue weighted by atomic mass is 9.96. The molecule has 0 radical (unpaired) electrons. The van der Waals surface area contributed by atoms with Crippen LogP contribution in [0.5, 0.6) is 0 Å². The second-order valence-electron chi connectivity index (χ2n) is 8.34. The summed E-state index contributed by atoms with van der Waals surface area (Å²) < 4.78 is 72.3. The summed E-state index contributed by atoms with van der Waals surface area (Å²) in [7, 11) is -3.66. The fourth-order valence-corrected chi connectivity index (χ4v) is 3.59. The zero-order valence-corrected chi connectivity index (χ0v) is 18.3. The standard InChI is InChI=1S/C18H28F3N3O5S/c1-17(2,3)29-16(25)23-7-5-13(6-8-23)15-22-14(11-18(19,20)21)12-24(15)9-10-28-30(4,26)27/h12-13H,5-11H2,1-4H3. The summed E-state index contributed by atoms with van der Waals surface area (Å²) in [6.45, 7) is 5.95. The highest BCUT2D eigenvalue weighted by Gasteiger charge is 2.32. The average molecular weight is 455 g/mol. The molecule has 0 unspecified atom stereocenters. The van der Waals surface area contributed by atoms with E-state index in [9.17, 15) is 26.4 Å². The summed E-state index contributed by atoms with van der Waals surface area (Å²) in [5, 5.41) is 0. The Morgan fingerprint density at radius 3 is 2.33 bits per heavy atom. The van der Waals surface area contributed by atoms with E-state index in [0.29, 0.717) is 31.8 Å². The maximum Gasteiger partial charge on any atom is 0.410 e. The fraction of sp³-hybridized carbons (Fsp3) is 0.778. The van der Waals surface area contributed by atoms with Crippen LogP contribution in [0.15, 0.2) is 6.20 Å². The molecule has 2 rings (SSSR count). The number of carbonyl (C=O) groups excluding carboxylic acids is 1. The van der Waals surface area contributed by atoms with Crippen molar-refractivity contribution in [1.29, 1.82) is 0 Å². The third-order valence-corrected chi connectivity index (χ3v) is 4.98. The highest BCUT2D eigenvalue weighted by molar-refractivity contribution is 7.85. The highest BCUT2D eigenvalue weighted by Crippen LogP contribution is 2.30. The van der Waals surface area contributed by atoms with Gasteiger partial charge in [-0.25, -0.2) is 9.78 Å². The van der Waals surface area contributed by atoms with Gasteiger partial charge in [-0.15, -0.1) is 0 Å². The molecule has 1 aromatic rings. The van der Waals surface area contributed by atoms with Crippen LogP contribution >= 0.6 is 0 Å². The van der Waals surface area contributed by atoms with E-state index in [0.717, 1.165) is 6.26 Å². The van der Waals surface area contributed by atoms with Crippen molar-refractivity contribution < 1.29 is 35.3 Å². The quantitative estimate of drug-likeness (QED) is 0.613. The van der Waals surface area contributed by atoms with Gasteiger partial charge in [0.1, 0.15) is 11.4 Å². The van der Waals surface area contributed by atoms with Crippen LogP contribution in [-0.4, -0.2) is 66.7 Å². The Morgan fingerprint density at radius 1 is 1.23 bits per heavy atom. The number of rotatable bonds is 6. The van der Waals surface area contributed by atoms with E-state index < -0.39 is 34.4 Å². The SMILES string of the molecule is CC(C)(C)OC(=O)N1CCC(c2nc(CC(F)(F)F)cn2CCOS(C)(=O)=O)CC1. The second kappa shape index (κ2) is 9.13. The van der Waals surface area contributed by atoms with E-state index in [-0.39, 0.29) is 24.8 Å². The van der Waals surface area contributed by atoms with Crippen LogP contribution in [-0.2, 0) is 32.0 Å². The van der Waals surface area contributed by atoms with Crippen molar-refractivity contribution in [1.82, 2.24) is 14.5 Å². The number of nitrogens with zero attached hydrogens (tertiary/aromatic N) is 3. The highest BCUT2D eigenvalue weighted by atomic mass is 32.2. The molecule has 30 heavy (non-hydrogen) atoms. The van der Waals surface area contributed by atoms with E-state index in [4.69, 9.17) is 8.92 Å². The lowest BCUT2D eigenvalue weighted by Gasteiger charge is -2.33. The topological polar surface area (TPSA) is 90.7 Å². The number of amides is 1. The van der Waals surface area contributed by atoms with Crippen molar-refractivity contribution in [2.75, 3.05) is 26.0 Å². The molecule has 1 fully saturated rings. The van der Waals surface area contributed by atoms with Gasteiger partial charge in [0.15, 0.2) is 0 Å². The first-order valence-electron chi connectivity index (χ1n) is 9.58. The number of carbonyl (C=O) groups is 1. The molecule has 1 aromatic heterocycles. The minimum absolute atomic E-state index is 0.0551. The molecule has 2 heterocycles. The van der Waals surface area contributed by atoms with Gasteiger partial charge in [-0.3, -0.25) is 4.18 Å². The van der Waals surface area contributed by atoms with Gasteiger partial charge in [0, 0.05) is 31.7 Å². The molecule has 172 valence electrons. The van der Waals surface area contributed by atoms with E-state index in [2.05, 4.69) is 4.98 Å². The normalized spacial score (nSPS) is 16.7. The summed E-state index contributed by atoms with van der Waals surface area (Å²) in [5.74, 6) is 0.277. The van der Waals surface area contributed by atoms with Gasteiger partial charge >= 0.3 is 12.3 Å². The lowest BCUT2D eigenvalue weighted by Crippen LogP contribution is -2.41. The third kappa shape index (κ3) is 8.13. The summed E-state index contributed by atoms with van der Waals surface area (Å²) in [6, 6.07) is 0. The number of piperidine rings is 1. The molecule has 0 atom stereocenters. The first-order chi connectivity index (χ1) is 13.6. The van der Waals surface area contributed by atoms with E-state index in [1.54, 1.807) is 25.7 Å². The largest absolute Gasteiger partial charge is 0.444 e. The van der Waals surface area contributed by atoms with Crippen LogP contribution in [0.1, 0.15) is 51.0 Å². The molecular formula is C18H28F3N3O5S. The number of aromatic nitrogens is 2. The summed E-state index contributed by atoms with van der Waals surface area (Å²) in [6.07, 6.45) is -2.79. The predicted octanol–water partition coefficient (Wildman–Crippen LogP) is 3.08. The zero-order chi connectivity index (χ0) is 22.7. The molecule has 1 amide bonds. The van der Waals surface area contributed by atoms with Crippen LogP contribution in [0.25, 0.3) is 0 Å². The Bertz CT molecular complexity index is 838. The molecule has 1 aliphatic heterocycles. The van der Waals surface area contributed by atoms with Crippen molar-refractivity contribution in [3.05, 3.63) is 17.7 Å². The van der Waals surface area contributed by atoms with Crippen LogP contribution < -0.4 is 0 Å². The van der Waals surface area contributed by atoms with E-state index in [1.165, 1.54) is 10.8 Å². The van der Waals surface area contributed by atoms with Crippen molar-refractivity contribution in [2.24, 2.45) is 0 Å². The van der Waals surface area contributed by atoms with Crippen LogP contribution in [0.2, 0.25) is 0 Å². The molecule has 0 saturated carbocycles. The fourth-order valence-electron chi connectivity index (χ4n) is 3.22. The van der Waals surface area contributed by atoms with E-state index in [1.807, 2.05) is 0 Å². The maximum atomic E-state index is 12.8. The molecule has 0 aliphatic carbocycles. The number of halogens is 3. The number of likely N-dealkylation sites (tertiary alicyclic amines) is 1. The van der Waals surface area contributed by atoms with Gasteiger partial charge in [0.05, 0.1) is 25.0 Å². The van der Waals surface area contributed by atoms with Gasteiger partial charge in [0.25, 0.3) is 10.1 Å². The van der Waals surface area contributed by atoms with Crippen molar-refractivity contribution in [2.45, 2.75) is 64.3 Å². The van der Waals surface area contributed by atoms with Crippen molar-refractivity contribution in [3.63, 3.8) is 0 Å². The lowest BCUT2D eigenvalue weighted by molar-refractivity contribution is -0.127. The summed E-state index contributed by atoms with van der Waals surface area (Å²) >= 11 is 0. The summed E-state index contributed by atoms with van der Waals surface area (Å²) in [5.41, 5.74) is -0.748. The van der Waals surface area contributed by atoms with Crippen LogP contribution in [0, 0.1) is 0 Å². The van der Waals surface area contributed by atoms with Crippen LogP contribution in [0.3, 0.4) is 0 Å². The number of hydrogen-bond acceptors (Lipinski definition) is 6. The van der Waals surface area contributed by atoms with Gasteiger partial charge < -0.3 is 14.2 Å². The van der Waals surface area contributed by atoms with Crippen molar-refractivity contribution in [3.8, 4) is 0 Å². The Labute approximate surface area is 174 Å². The molecule has 1 aliphatic rings. The second-order valence-corrected chi connectivity index (χ2v) is 9.99. The molecular weight excluding hydrogens is 427 g/mol. The minimum Gasteiger partial charge on any atom is -0.444 e. The number of hydrogen-bond donors (Lipinski definition) is 0. The van der Waals surface area contributed by atoms with Crippen LogP contribution in [0.4, 0.5) is 18.0 Å². The Kier molecular flexibility index (Phi) is 7.44. The predicted molar refractivity (Wildman–Crippen MR) is 103 cm³/mol. The molecule has 0 N–H and O–H groups in total. The molecule has 0 aromatic carbocycles. The van der Waals surface area contributed by atoms with Gasteiger partial charge in [-0.1, -0.05) is 0 Å². The van der Waals surface area contributed by atoms with E-state index >= 15 is 0 Å². The smallest absolute Gasteiger partial charge is 0.410 e. The third-order valence-electron chi connectivity index (χ3n) is 4.38. The molecule has 0 spiro atoms. The average Bonchev–Trinajstić information content (AvgIpc) is 2.93. The molecule has 0 bridgehead atoms. The summed E-state index contributed by atoms with van der Waals surface area (Å²) in [4.78, 5) is 17.9. The molecule has 8 nitrogen and oxygen atoms in total. The zero-order valence-electron chi connectivity index (χ0n) is 17.5.